The maximum absolute atomic E-state index is 12.2. The molecule has 1 unspecified atom stereocenters. The Morgan fingerprint density at radius 3 is 2.24 bits per heavy atom. The summed E-state index contributed by atoms with van der Waals surface area (Å²) in [6, 6.07) is 5.46. The molecule has 1 rings (SSSR count). The first-order valence-corrected chi connectivity index (χ1v) is 10.0. The maximum atomic E-state index is 12.2. The van der Waals surface area contributed by atoms with Gasteiger partial charge in [-0.05, 0) is 43.5 Å². The molecule has 0 heterocycles. The lowest BCUT2D eigenvalue weighted by atomic mass is 10.0. The maximum Gasteiger partial charge on any atom is 0.407 e. The predicted octanol–water partition coefficient (Wildman–Crippen LogP) is 1.98. The fraction of sp³-hybridized carbons (Fsp3) is 0.529. The molecule has 0 spiro atoms. The Labute approximate surface area is 149 Å². The number of rotatable bonds is 8. The Kier molecular flexibility index (Phi) is 7.89. The molecule has 0 aliphatic heterocycles. The molecule has 0 radical (unpaired) electrons. The third kappa shape index (κ3) is 7.55. The lowest BCUT2D eigenvalue weighted by Gasteiger charge is -2.20. The van der Waals surface area contributed by atoms with Crippen molar-refractivity contribution in [1.29, 1.82) is 0 Å². The summed E-state index contributed by atoms with van der Waals surface area (Å²) in [5.41, 5.74) is 0.354. The highest BCUT2D eigenvalue weighted by molar-refractivity contribution is 7.90. The molecule has 0 aromatic heterocycles. The van der Waals surface area contributed by atoms with Crippen LogP contribution in [0.15, 0.2) is 29.2 Å². The van der Waals surface area contributed by atoms with Crippen LogP contribution >= 0.6 is 0 Å². The fourth-order valence-electron chi connectivity index (χ4n) is 2.27. The van der Waals surface area contributed by atoms with Crippen LogP contribution < -0.4 is 10.6 Å². The second kappa shape index (κ2) is 9.41. The van der Waals surface area contributed by atoms with E-state index in [9.17, 15) is 18.0 Å². The van der Waals surface area contributed by atoms with E-state index in [1.807, 2.05) is 13.8 Å². The van der Waals surface area contributed by atoms with Crippen molar-refractivity contribution in [2.24, 2.45) is 5.92 Å². The summed E-state index contributed by atoms with van der Waals surface area (Å²) in [5.74, 6) is -0.00246. The average molecular weight is 370 g/mol. The molecule has 2 N–H and O–H groups in total. The van der Waals surface area contributed by atoms with Crippen LogP contribution in [0.4, 0.5) is 4.79 Å². The number of amides is 2. The largest absolute Gasteiger partial charge is 0.450 e. The van der Waals surface area contributed by atoms with E-state index < -0.39 is 15.9 Å². The van der Waals surface area contributed by atoms with Crippen LogP contribution in [0.1, 0.15) is 37.6 Å². The van der Waals surface area contributed by atoms with Gasteiger partial charge in [0, 0.05) is 24.4 Å². The van der Waals surface area contributed by atoms with Gasteiger partial charge < -0.3 is 15.4 Å². The summed E-state index contributed by atoms with van der Waals surface area (Å²) < 4.78 is 27.7. The monoisotopic (exact) mass is 370 g/mol. The molecule has 8 heteroatoms. The molecule has 0 aliphatic carbocycles. The van der Waals surface area contributed by atoms with Gasteiger partial charge in [0.1, 0.15) is 0 Å². The van der Waals surface area contributed by atoms with Gasteiger partial charge in [-0.15, -0.1) is 0 Å². The highest BCUT2D eigenvalue weighted by Crippen LogP contribution is 2.10. The molecule has 2 amide bonds. The molecule has 0 saturated carbocycles. The third-order valence-corrected chi connectivity index (χ3v) is 4.54. The molecule has 25 heavy (non-hydrogen) atoms. The van der Waals surface area contributed by atoms with Crippen LogP contribution in [0.5, 0.6) is 0 Å². The number of ether oxygens (including phenoxy) is 1. The summed E-state index contributed by atoms with van der Waals surface area (Å²) >= 11 is 0. The first kappa shape index (κ1) is 21.0. The first-order chi connectivity index (χ1) is 11.6. The Morgan fingerprint density at radius 2 is 1.76 bits per heavy atom. The number of hydrogen-bond acceptors (Lipinski definition) is 5. The van der Waals surface area contributed by atoms with Crippen molar-refractivity contribution in [3.05, 3.63) is 29.8 Å². The highest BCUT2D eigenvalue weighted by Gasteiger charge is 2.16. The number of alkyl carbamates (subject to hydrolysis) is 1. The van der Waals surface area contributed by atoms with Crippen LogP contribution in [0.2, 0.25) is 0 Å². The van der Waals surface area contributed by atoms with Gasteiger partial charge in [0.2, 0.25) is 0 Å². The van der Waals surface area contributed by atoms with Gasteiger partial charge in [0.15, 0.2) is 9.84 Å². The van der Waals surface area contributed by atoms with Gasteiger partial charge in [-0.1, -0.05) is 13.8 Å². The van der Waals surface area contributed by atoms with Crippen LogP contribution in [-0.4, -0.2) is 45.9 Å². The first-order valence-electron chi connectivity index (χ1n) is 8.15. The summed E-state index contributed by atoms with van der Waals surface area (Å²) in [6.45, 7) is 6.29. The van der Waals surface area contributed by atoms with Crippen molar-refractivity contribution < 1.29 is 22.7 Å². The van der Waals surface area contributed by atoms with E-state index in [1.54, 1.807) is 6.92 Å². The Morgan fingerprint density at radius 1 is 1.16 bits per heavy atom. The Balaban J connectivity index is 2.68. The van der Waals surface area contributed by atoms with Crippen molar-refractivity contribution in [3.8, 4) is 0 Å². The van der Waals surface area contributed by atoms with E-state index in [4.69, 9.17) is 4.74 Å². The molecular weight excluding hydrogens is 344 g/mol. The minimum Gasteiger partial charge on any atom is -0.450 e. The lowest BCUT2D eigenvalue weighted by molar-refractivity contribution is 0.0944. The van der Waals surface area contributed by atoms with E-state index in [2.05, 4.69) is 10.6 Å². The second-order valence-corrected chi connectivity index (χ2v) is 8.21. The van der Waals surface area contributed by atoms with E-state index >= 15 is 0 Å². The van der Waals surface area contributed by atoms with Crippen molar-refractivity contribution in [3.63, 3.8) is 0 Å². The summed E-state index contributed by atoms with van der Waals surface area (Å²) in [4.78, 5) is 23.9. The number of benzene rings is 1. The normalized spacial score (nSPS) is 12.5. The SMILES string of the molecule is CCOC(=O)NC(CNC(=O)c1ccc(S(C)(=O)=O)cc1)CC(C)C. The quantitative estimate of drug-likeness (QED) is 0.728. The molecule has 1 aromatic carbocycles. The second-order valence-electron chi connectivity index (χ2n) is 6.20. The van der Waals surface area contributed by atoms with Crippen LogP contribution in [0.25, 0.3) is 0 Å². The fourth-order valence-corrected chi connectivity index (χ4v) is 2.90. The zero-order valence-corrected chi connectivity index (χ0v) is 15.9. The predicted molar refractivity (Wildman–Crippen MR) is 95.3 cm³/mol. The van der Waals surface area contributed by atoms with Crippen LogP contribution in [0, 0.1) is 5.92 Å². The molecule has 0 saturated heterocycles. The average Bonchev–Trinajstić information content (AvgIpc) is 2.51. The van der Waals surface area contributed by atoms with Gasteiger partial charge in [0.05, 0.1) is 11.5 Å². The number of carbonyl (C=O) groups excluding carboxylic acids is 2. The van der Waals surface area contributed by atoms with E-state index in [0.29, 0.717) is 17.9 Å². The molecule has 0 bridgehead atoms. The Bertz CT molecular complexity index is 683. The lowest BCUT2D eigenvalue weighted by Crippen LogP contribution is -2.44. The summed E-state index contributed by atoms with van der Waals surface area (Å²) in [6.07, 6.45) is 1.28. The van der Waals surface area contributed by atoms with Crippen LogP contribution in [-0.2, 0) is 14.6 Å². The van der Waals surface area contributed by atoms with Gasteiger partial charge in [-0.25, -0.2) is 13.2 Å². The highest BCUT2D eigenvalue weighted by atomic mass is 32.2. The van der Waals surface area contributed by atoms with Gasteiger partial charge in [-0.3, -0.25) is 4.79 Å². The van der Waals surface area contributed by atoms with E-state index in [0.717, 1.165) is 6.26 Å². The van der Waals surface area contributed by atoms with E-state index in [-0.39, 0.29) is 30.0 Å². The topological polar surface area (TPSA) is 102 Å². The Hall–Kier alpha value is -2.09. The smallest absolute Gasteiger partial charge is 0.407 e. The van der Waals surface area contributed by atoms with Crippen molar-refractivity contribution in [1.82, 2.24) is 10.6 Å². The minimum absolute atomic E-state index is 0.158. The number of nitrogens with one attached hydrogen (secondary N) is 2. The molecule has 1 atom stereocenters. The van der Waals surface area contributed by atoms with Gasteiger partial charge >= 0.3 is 6.09 Å². The number of sulfone groups is 1. The third-order valence-electron chi connectivity index (χ3n) is 3.41. The van der Waals surface area contributed by atoms with Gasteiger partial charge in [0.25, 0.3) is 5.91 Å². The summed E-state index contributed by atoms with van der Waals surface area (Å²) in [5, 5.41) is 5.48. The summed E-state index contributed by atoms with van der Waals surface area (Å²) in [7, 11) is -3.30. The molecule has 0 aliphatic rings. The molecule has 140 valence electrons. The molecule has 1 aromatic rings. The van der Waals surface area contributed by atoms with Crippen molar-refractivity contribution >= 4 is 21.8 Å². The van der Waals surface area contributed by atoms with Gasteiger partial charge in [-0.2, -0.15) is 0 Å². The standard InChI is InChI=1S/C17H26N2O5S/c1-5-24-17(21)19-14(10-12(2)3)11-18-16(20)13-6-8-15(9-7-13)25(4,22)23/h6-9,12,14H,5,10-11H2,1-4H3,(H,18,20)(H,19,21). The van der Waals surface area contributed by atoms with Crippen molar-refractivity contribution in [2.75, 3.05) is 19.4 Å². The number of hydrogen-bond donors (Lipinski definition) is 2. The molecule has 7 nitrogen and oxygen atoms in total. The number of carbonyl (C=O) groups is 2. The van der Waals surface area contributed by atoms with E-state index in [1.165, 1.54) is 24.3 Å². The molecule has 0 fully saturated rings. The molecular formula is C17H26N2O5S. The zero-order valence-electron chi connectivity index (χ0n) is 15.0. The van der Waals surface area contributed by atoms with Crippen LogP contribution in [0.3, 0.4) is 0 Å². The van der Waals surface area contributed by atoms with Crippen molar-refractivity contribution in [2.45, 2.75) is 38.1 Å². The zero-order chi connectivity index (χ0) is 19.0. The minimum atomic E-state index is -3.30.